The van der Waals surface area contributed by atoms with E-state index < -0.39 is 17.8 Å². The fourth-order valence-electron chi connectivity index (χ4n) is 1.70. The number of rotatable bonds is 2. The number of aromatic nitrogens is 1. The molecule has 0 radical (unpaired) electrons. The molecule has 1 aromatic carbocycles. The average Bonchev–Trinajstić information content (AvgIpc) is 2.38. The van der Waals surface area contributed by atoms with Crippen molar-refractivity contribution in [2.75, 3.05) is 0 Å². The Morgan fingerprint density at radius 2 is 1.72 bits per heavy atom. The van der Waals surface area contributed by atoms with Gasteiger partial charge in [0.25, 0.3) is 0 Å². The maximum atomic E-state index is 12.8. The third-order valence-electron chi connectivity index (χ3n) is 2.57. The summed E-state index contributed by atoms with van der Waals surface area (Å²) in [5.74, 6) is 0. The average molecular weight is 253 g/mol. The van der Waals surface area contributed by atoms with Crippen molar-refractivity contribution in [1.82, 2.24) is 4.98 Å². The first-order valence-electron chi connectivity index (χ1n) is 5.24. The molecule has 2 nitrogen and oxygen atoms in total. The molecular weight excluding hydrogens is 243 g/mol. The van der Waals surface area contributed by atoms with E-state index in [2.05, 4.69) is 4.98 Å². The van der Waals surface area contributed by atoms with E-state index in [0.29, 0.717) is 5.56 Å². The van der Waals surface area contributed by atoms with Crippen LogP contribution in [0.4, 0.5) is 13.2 Å². The Morgan fingerprint density at radius 3 is 2.33 bits per heavy atom. The van der Waals surface area contributed by atoms with E-state index in [9.17, 15) is 18.3 Å². The molecule has 0 amide bonds. The molecule has 0 fully saturated rings. The summed E-state index contributed by atoms with van der Waals surface area (Å²) in [5.41, 5.74) is -0.707. The Hall–Kier alpha value is -1.88. The number of hydrogen-bond acceptors (Lipinski definition) is 2. The first kappa shape index (κ1) is 12.6. The molecule has 1 N–H and O–H groups in total. The monoisotopic (exact) mass is 253 g/mol. The van der Waals surface area contributed by atoms with Crippen molar-refractivity contribution >= 4 is 0 Å². The number of aliphatic hydroxyl groups excluding tert-OH is 1. The molecule has 94 valence electrons. The van der Waals surface area contributed by atoms with Crippen molar-refractivity contribution in [1.29, 1.82) is 0 Å². The van der Waals surface area contributed by atoms with Crippen LogP contribution in [0.25, 0.3) is 0 Å². The number of hydrogen-bond donors (Lipinski definition) is 1. The van der Waals surface area contributed by atoms with Gasteiger partial charge in [-0.05, 0) is 11.6 Å². The molecule has 0 aliphatic carbocycles. The van der Waals surface area contributed by atoms with E-state index in [-0.39, 0.29) is 5.56 Å². The summed E-state index contributed by atoms with van der Waals surface area (Å²) < 4.78 is 38.4. The van der Waals surface area contributed by atoms with Gasteiger partial charge in [-0.1, -0.05) is 30.3 Å². The smallest absolute Gasteiger partial charge is 0.384 e. The highest BCUT2D eigenvalue weighted by Gasteiger charge is 2.35. The van der Waals surface area contributed by atoms with Gasteiger partial charge in [0.1, 0.15) is 6.10 Å². The van der Waals surface area contributed by atoms with E-state index in [1.807, 2.05) is 0 Å². The van der Waals surface area contributed by atoms with Crippen LogP contribution in [0.2, 0.25) is 0 Å². The predicted molar refractivity (Wildman–Crippen MR) is 59.7 cm³/mol. The van der Waals surface area contributed by atoms with Crippen LogP contribution < -0.4 is 0 Å². The highest BCUT2D eigenvalue weighted by atomic mass is 19.4. The van der Waals surface area contributed by atoms with E-state index in [0.717, 1.165) is 18.5 Å². The van der Waals surface area contributed by atoms with Crippen molar-refractivity contribution in [3.05, 3.63) is 65.5 Å². The van der Waals surface area contributed by atoms with Crippen LogP contribution in [0.15, 0.2) is 48.8 Å². The number of aliphatic hydroxyl groups is 1. The Balaban J connectivity index is 2.46. The van der Waals surface area contributed by atoms with Gasteiger partial charge >= 0.3 is 6.18 Å². The van der Waals surface area contributed by atoms with Gasteiger partial charge in [0.05, 0.1) is 5.56 Å². The first-order valence-corrected chi connectivity index (χ1v) is 5.24. The molecule has 0 saturated carbocycles. The number of pyridine rings is 1. The zero-order chi connectivity index (χ0) is 13.2. The van der Waals surface area contributed by atoms with Crippen LogP contribution in [0.1, 0.15) is 22.8 Å². The standard InChI is InChI=1S/C13H10F3NO/c14-13(15,16)11-6-7-17-8-10(11)12(18)9-4-2-1-3-5-9/h1-8,12,18H/t12-/m0/s1. The van der Waals surface area contributed by atoms with Crippen LogP contribution in [0.5, 0.6) is 0 Å². The normalized spacial score (nSPS) is 13.3. The van der Waals surface area contributed by atoms with Gasteiger partial charge in [-0.3, -0.25) is 4.98 Å². The van der Waals surface area contributed by atoms with Crippen LogP contribution in [-0.4, -0.2) is 10.1 Å². The molecule has 0 aliphatic heterocycles. The van der Waals surface area contributed by atoms with Crippen molar-refractivity contribution in [3.63, 3.8) is 0 Å². The highest BCUT2D eigenvalue weighted by molar-refractivity contribution is 5.35. The van der Waals surface area contributed by atoms with Crippen molar-refractivity contribution < 1.29 is 18.3 Å². The van der Waals surface area contributed by atoms with E-state index in [1.54, 1.807) is 30.3 Å². The lowest BCUT2D eigenvalue weighted by molar-refractivity contribution is -0.139. The number of benzene rings is 1. The molecule has 1 heterocycles. The predicted octanol–water partition coefficient (Wildman–Crippen LogP) is 3.18. The van der Waals surface area contributed by atoms with Crippen LogP contribution in [-0.2, 0) is 6.18 Å². The molecule has 0 saturated heterocycles. The van der Waals surface area contributed by atoms with Gasteiger partial charge in [0.2, 0.25) is 0 Å². The van der Waals surface area contributed by atoms with Gasteiger partial charge in [-0.15, -0.1) is 0 Å². The molecule has 2 aromatic rings. The molecule has 2 rings (SSSR count). The van der Waals surface area contributed by atoms with E-state index in [4.69, 9.17) is 0 Å². The van der Waals surface area contributed by atoms with Crippen LogP contribution >= 0.6 is 0 Å². The number of halogens is 3. The Labute approximate surface area is 102 Å². The van der Waals surface area contributed by atoms with Crippen LogP contribution in [0.3, 0.4) is 0 Å². The molecule has 0 unspecified atom stereocenters. The van der Waals surface area contributed by atoms with Gasteiger partial charge in [0.15, 0.2) is 0 Å². The molecular formula is C13H10F3NO. The second kappa shape index (κ2) is 4.78. The SMILES string of the molecule is O[C@@H](c1ccccc1)c1cnccc1C(F)(F)F. The maximum absolute atomic E-state index is 12.8. The Kier molecular flexibility index (Phi) is 3.34. The summed E-state index contributed by atoms with van der Waals surface area (Å²) in [6.45, 7) is 0. The summed E-state index contributed by atoms with van der Waals surface area (Å²) in [7, 11) is 0. The lowest BCUT2D eigenvalue weighted by atomic mass is 9.98. The topological polar surface area (TPSA) is 33.1 Å². The Bertz CT molecular complexity index is 525. The van der Waals surface area contributed by atoms with Gasteiger partial charge < -0.3 is 5.11 Å². The molecule has 1 aromatic heterocycles. The van der Waals surface area contributed by atoms with E-state index >= 15 is 0 Å². The number of nitrogens with zero attached hydrogens (tertiary/aromatic N) is 1. The molecule has 18 heavy (non-hydrogen) atoms. The Morgan fingerprint density at radius 1 is 1.06 bits per heavy atom. The zero-order valence-electron chi connectivity index (χ0n) is 9.22. The summed E-state index contributed by atoms with van der Waals surface area (Å²) >= 11 is 0. The van der Waals surface area contributed by atoms with Gasteiger partial charge in [0, 0.05) is 18.0 Å². The van der Waals surface area contributed by atoms with E-state index in [1.165, 1.54) is 0 Å². The summed E-state index contributed by atoms with van der Waals surface area (Å²) in [6.07, 6.45) is -3.74. The zero-order valence-corrected chi connectivity index (χ0v) is 9.22. The second-order valence-corrected chi connectivity index (χ2v) is 3.77. The molecule has 0 spiro atoms. The van der Waals surface area contributed by atoms with Crippen LogP contribution in [0, 0.1) is 0 Å². The highest BCUT2D eigenvalue weighted by Crippen LogP contribution is 2.35. The van der Waals surface area contributed by atoms with Crippen molar-refractivity contribution in [2.45, 2.75) is 12.3 Å². The second-order valence-electron chi connectivity index (χ2n) is 3.77. The fourth-order valence-corrected chi connectivity index (χ4v) is 1.70. The third-order valence-corrected chi connectivity index (χ3v) is 2.57. The van der Waals surface area contributed by atoms with Crippen molar-refractivity contribution in [3.8, 4) is 0 Å². The number of alkyl halides is 3. The minimum absolute atomic E-state index is 0.240. The molecule has 0 aliphatic rings. The van der Waals surface area contributed by atoms with Gasteiger partial charge in [-0.2, -0.15) is 13.2 Å². The minimum Gasteiger partial charge on any atom is -0.384 e. The third kappa shape index (κ3) is 2.51. The largest absolute Gasteiger partial charge is 0.416 e. The summed E-state index contributed by atoms with van der Waals surface area (Å²) in [4.78, 5) is 3.65. The molecule has 1 atom stereocenters. The molecule has 5 heteroatoms. The minimum atomic E-state index is -4.51. The fraction of sp³-hybridized carbons (Fsp3) is 0.154. The quantitative estimate of drug-likeness (QED) is 0.891. The van der Waals surface area contributed by atoms with Gasteiger partial charge in [-0.25, -0.2) is 0 Å². The summed E-state index contributed by atoms with van der Waals surface area (Å²) in [5, 5.41) is 10.00. The lowest BCUT2D eigenvalue weighted by Gasteiger charge is -2.17. The maximum Gasteiger partial charge on any atom is 0.416 e. The lowest BCUT2D eigenvalue weighted by Crippen LogP contribution is -2.13. The van der Waals surface area contributed by atoms with Crippen molar-refractivity contribution in [2.24, 2.45) is 0 Å². The first-order chi connectivity index (χ1) is 8.50. The summed E-state index contributed by atoms with van der Waals surface area (Å²) in [6, 6.07) is 9.03. The molecule has 0 bridgehead atoms.